The van der Waals surface area contributed by atoms with Crippen molar-refractivity contribution in [1.29, 1.82) is 5.41 Å². The predicted molar refractivity (Wildman–Crippen MR) is 85.2 cm³/mol. The second-order valence-electron chi connectivity index (χ2n) is 5.97. The predicted octanol–water partition coefficient (Wildman–Crippen LogP) is 2.73. The van der Waals surface area contributed by atoms with Crippen LogP contribution in [0.2, 0.25) is 0 Å². The SMILES string of the molecule is CC(C)[C@@H](N[SH+](=O)C(C)(C)C)c1cc(C(=N)N)cs1. The Hall–Kier alpha value is -0.720. The van der Waals surface area contributed by atoms with Gasteiger partial charge in [0.1, 0.15) is 21.6 Å². The zero-order chi connectivity index (χ0) is 14.8. The van der Waals surface area contributed by atoms with Gasteiger partial charge in [-0.05, 0) is 32.8 Å². The van der Waals surface area contributed by atoms with Crippen LogP contribution in [-0.2, 0) is 15.2 Å². The summed E-state index contributed by atoms with van der Waals surface area (Å²) in [4.78, 5) is 1.08. The molecular weight excluding hydrogens is 278 g/mol. The summed E-state index contributed by atoms with van der Waals surface area (Å²) in [7, 11) is -1.50. The minimum Gasteiger partial charge on any atom is -0.384 e. The molecule has 2 atom stereocenters. The Morgan fingerprint density at radius 2 is 2.05 bits per heavy atom. The summed E-state index contributed by atoms with van der Waals surface area (Å²) in [6, 6.07) is 1.94. The summed E-state index contributed by atoms with van der Waals surface area (Å²) in [5, 5.41) is 9.32. The van der Waals surface area contributed by atoms with Gasteiger partial charge in [0.25, 0.3) is 0 Å². The molecule has 1 aromatic heterocycles. The van der Waals surface area contributed by atoms with E-state index < -0.39 is 11.0 Å². The van der Waals surface area contributed by atoms with Gasteiger partial charge in [0.05, 0.1) is 6.04 Å². The highest BCUT2D eigenvalue weighted by Crippen LogP contribution is 2.29. The van der Waals surface area contributed by atoms with Gasteiger partial charge in [0.15, 0.2) is 0 Å². The highest BCUT2D eigenvalue weighted by atomic mass is 32.2. The van der Waals surface area contributed by atoms with Crippen molar-refractivity contribution < 1.29 is 4.21 Å². The van der Waals surface area contributed by atoms with Gasteiger partial charge in [-0.15, -0.1) is 16.1 Å². The van der Waals surface area contributed by atoms with E-state index in [1.807, 2.05) is 32.2 Å². The molecule has 4 N–H and O–H groups in total. The van der Waals surface area contributed by atoms with E-state index in [-0.39, 0.29) is 16.6 Å². The first kappa shape index (κ1) is 16.3. The maximum absolute atomic E-state index is 12.3. The van der Waals surface area contributed by atoms with Crippen LogP contribution in [0.15, 0.2) is 11.4 Å². The van der Waals surface area contributed by atoms with Crippen LogP contribution >= 0.6 is 11.3 Å². The number of hydrogen-bond acceptors (Lipinski definition) is 3. The third-order valence-corrected chi connectivity index (χ3v) is 5.52. The molecule has 0 aliphatic heterocycles. The van der Waals surface area contributed by atoms with E-state index in [2.05, 4.69) is 18.6 Å². The Balaban J connectivity index is 2.95. The molecule has 0 fully saturated rings. The molecule has 0 aliphatic carbocycles. The van der Waals surface area contributed by atoms with Gasteiger partial charge < -0.3 is 5.73 Å². The lowest BCUT2D eigenvalue weighted by Gasteiger charge is -2.21. The molecule has 0 aliphatic rings. The fourth-order valence-corrected chi connectivity index (χ4v) is 3.81. The van der Waals surface area contributed by atoms with Crippen molar-refractivity contribution in [2.75, 3.05) is 0 Å². The summed E-state index contributed by atoms with van der Waals surface area (Å²) >= 11 is 1.56. The molecule has 1 aromatic rings. The average Bonchev–Trinajstić information content (AvgIpc) is 2.72. The lowest BCUT2D eigenvalue weighted by Crippen LogP contribution is -2.36. The number of thiophene rings is 1. The number of hydrogen-bond donors (Lipinski definition) is 3. The van der Waals surface area contributed by atoms with Crippen LogP contribution < -0.4 is 10.5 Å². The van der Waals surface area contributed by atoms with Crippen molar-refractivity contribution in [1.82, 2.24) is 4.72 Å². The Morgan fingerprint density at radius 1 is 1.47 bits per heavy atom. The van der Waals surface area contributed by atoms with Crippen molar-refractivity contribution in [2.45, 2.75) is 45.4 Å². The molecule has 19 heavy (non-hydrogen) atoms. The standard InChI is InChI=1S/C13H23N3OS2/c1-8(2)11(16-19(17)13(3,4)5)10-6-9(7-18-10)12(14)15/h6-8,11H,1-5H3,(H3,14,15)(H,16,17)/p+1/t11-,19?/m1/s1. The Morgan fingerprint density at radius 3 is 2.42 bits per heavy atom. The highest BCUT2D eigenvalue weighted by molar-refractivity contribution is 7.84. The van der Waals surface area contributed by atoms with Crippen LogP contribution in [0.4, 0.5) is 0 Å². The molecule has 0 saturated heterocycles. The molecule has 1 rings (SSSR count). The molecule has 0 radical (unpaired) electrons. The second kappa shape index (κ2) is 6.15. The highest BCUT2D eigenvalue weighted by Gasteiger charge is 2.31. The minimum atomic E-state index is -1.50. The van der Waals surface area contributed by atoms with Crippen molar-refractivity contribution in [3.63, 3.8) is 0 Å². The molecule has 0 bridgehead atoms. The summed E-state index contributed by atoms with van der Waals surface area (Å²) < 4.78 is 15.2. The molecule has 6 heteroatoms. The lowest BCUT2D eigenvalue weighted by molar-refractivity contribution is 0.472. The van der Waals surface area contributed by atoms with E-state index in [9.17, 15) is 4.21 Å². The molecule has 0 amide bonds. The molecule has 0 saturated carbocycles. The van der Waals surface area contributed by atoms with Gasteiger partial charge >= 0.3 is 0 Å². The Labute approximate surface area is 121 Å². The topological polar surface area (TPSA) is 79.0 Å². The fourth-order valence-electron chi connectivity index (χ4n) is 1.52. The summed E-state index contributed by atoms with van der Waals surface area (Å²) in [6.45, 7) is 10.1. The molecule has 1 heterocycles. The van der Waals surface area contributed by atoms with E-state index in [0.29, 0.717) is 5.92 Å². The zero-order valence-electron chi connectivity index (χ0n) is 12.2. The van der Waals surface area contributed by atoms with Crippen LogP contribution in [0, 0.1) is 11.3 Å². The number of nitrogens with two attached hydrogens (primary N) is 1. The minimum absolute atomic E-state index is 0.0286. The number of amidine groups is 1. The van der Waals surface area contributed by atoms with E-state index in [0.717, 1.165) is 10.4 Å². The van der Waals surface area contributed by atoms with E-state index in [1.54, 1.807) is 11.3 Å². The van der Waals surface area contributed by atoms with Gasteiger partial charge in [-0.25, -0.2) is 0 Å². The van der Waals surface area contributed by atoms with Gasteiger partial charge in [-0.2, -0.15) is 0 Å². The molecule has 0 aromatic carbocycles. The molecule has 0 spiro atoms. The van der Waals surface area contributed by atoms with Crippen molar-refractivity contribution in [3.05, 3.63) is 21.9 Å². The van der Waals surface area contributed by atoms with E-state index in [4.69, 9.17) is 11.1 Å². The Kier molecular flexibility index (Phi) is 5.29. The Bertz CT molecular complexity index is 474. The quantitative estimate of drug-likeness (QED) is 0.338. The number of nitrogens with one attached hydrogen (secondary N) is 2. The summed E-state index contributed by atoms with van der Waals surface area (Å²) in [5.41, 5.74) is 6.22. The molecule has 4 nitrogen and oxygen atoms in total. The van der Waals surface area contributed by atoms with E-state index in [1.165, 1.54) is 0 Å². The third kappa shape index (κ3) is 4.40. The summed E-state index contributed by atoms with van der Waals surface area (Å²) in [5.74, 6) is 0.393. The maximum atomic E-state index is 12.3. The third-order valence-electron chi connectivity index (χ3n) is 2.77. The summed E-state index contributed by atoms with van der Waals surface area (Å²) in [6.07, 6.45) is 0. The van der Waals surface area contributed by atoms with Crippen molar-refractivity contribution >= 4 is 28.2 Å². The van der Waals surface area contributed by atoms with Gasteiger partial charge in [-0.3, -0.25) is 5.41 Å². The number of nitrogen functional groups attached to an aromatic ring is 1. The molecular formula is C13H24N3OS2+. The van der Waals surface area contributed by atoms with Gasteiger partial charge in [0.2, 0.25) is 0 Å². The van der Waals surface area contributed by atoms with Crippen molar-refractivity contribution in [3.8, 4) is 0 Å². The monoisotopic (exact) mass is 302 g/mol. The fraction of sp³-hybridized carbons (Fsp3) is 0.615. The molecule has 108 valence electrons. The average molecular weight is 302 g/mol. The second-order valence-corrected chi connectivity index (χ2v) is 9.10. The first-order valence-corrected chi connectivity index (χ1v) is 8.43. The maximum Gasteiger partial charge on any atom is 0.147 e. The van der Waals surface area contributed by atoms with Crippen LogP contribution in [0.5, 0.6) is 0 Å². The number of thiol groups is 1. The van der Waals surface area contributed by atoms with Crippen LogP contribution in [0.1, 0.15) is 51.1 Å². The first-order chi connectivity index (χ1) is 8.62. The van der Waals surface area contributed by atoms with Crippen LogP contribution in [0.25, 0.3) is 0 Å². The normalized spacial score (nSPS) is 15.5. The van der Waals surface area contributed by atoms with Crippen LogP contribution in [0.3, 0.4) is 0 Å². The zero-order valence-corrected chi connectivity index (χ0v) is 13.9. The van der Waals surface area contributed by atoms with Gasteiger partial charge in [-0.1, -0.05) is 18.1 Å². The first-order valence-electron chi connectivity index (χ1n) is 6.29. The molecule has 1 unspecified atom stereocenters. The lowest BCUT2D eigenvalue weighted by atomic mass is 10.0. The van der Waals surface area contributed by atoms with Gasteiger partial charge in [0, 0.05) is 15.8 Å². The van der Waals surface area contributed by atoms with Crippen LogP contribution in [-0.4, -0.2) is 10.6 Å². The number of rotatable bonds is 5. The largest absolute Gasteiger partial charge is 0.384 e. The van der Waals surface area contributed by atoms with E-state index >= 15 is 0 Å². The van der Waals surface area contributed by atoms with Crippen molar-refractivity contribution in [2.24, 2.45) is 11.7 Å². The smallest absolute Gasteiger partial charge is 0.147 e.